The predicted molar refractivity (Wildman–Crippen MR) is 161 cm³/mol. The molecule has 5 aromatic rings. The Balaban J connectivity index is 0.000000201. The molecule has 0 bridgehead atoms. The quantitative estimate of drug-likeness (QED) is 0.253. The van der Waals surface area contributed by atoms with Gasteiger partial charge in [0.1, 0.15) is 6.07 Å². The van der Waals surface area contributed by atoms with Crippen LogP contribution in [0, 0.1) is 16.7 Å². The summed E-state index contributed by atoms with van der Waals surface area (Å²) in [7, 11) is 0. The van der Waals surface area contributed by atoms with Gasteiger partial charge >= 0.3 is 0 Å². The lowest BCUT2D eigenvalue weighted by atomic mass is 9.68. The second kappa shape index (κ2) is 10.2. The lowest BCUT2D eigenvalue weighted by Crippen LogP contribution is -2.24. The van der Waals surface area contributed by atoms with Crippen LogP contribution in [0.1, 0.15) is 48.2 Å². The topological polar surface area (TPSA) is 78.7 Å². The maximum atomic E-state index is 13.1. The molecule has 2 heterocycles. The fourth-order valence-corrected chi connectivity index (χ4v) is 5.56. The molecule has 7 rings (SSSR count). The highest BCUT2D eigenvalue weighted by Gasteiger charge is 2.34. The Kier molecular flexibility index (Phi) is 6.45. The molecule has 0 spiro atoms. The highest BCUT2D eigenvalue weighted by molar-refractivity contribution is 6.16. The Morgan fingerprint density at radius 1 is 0.925 bits per heavy atom. The molecule has 194 valence electrons. The molecular formula is C35H28N4O. The summed E-state index contributed by atoms with van der Waals surface area (Å²) in [4.78, 5) is 21.3. The molecule has 3 aromatic carbocycles. The van der Waals surface area contributed by atoms with E-state index in [-0.39, 0.29) is 11.2 Å². The van der Waals surface area contributed by atoms with Crippen molar-refractivity contribution in [2.45, 2.75) is 26.7 Å². The van der Waals surface area contributed by atoms with Crippen molar-refractivity contribution >= 4 is 44.4 Å². The maximum absolute atomic E-state index is 13.1. The van der Waals surface area contributed by atoms with E-state index in [9.17, 15) is 4.79 Å². The molecule has 0 saturated carbocycles. The molecule has 0 fully saturated rings. The van der Waals surface area contributed by atoms with Crippen molar-refractivity contribution in [3.8, 4) is 6.07 Å². The van der Waals surface area contributed by atoms with Gasteiger partial charge in [-0.25, -0.2) is 0 Å². The lowest BCUT2D eigenvalue weighted by molar-refractivity contribution is 0.0985. The molecule has 0 aliphatic heterocycles. The second-order valence-corrected chi connectivity index (χ2v) is 10.8. The van der Waals surface area contributed by atoms with Crippen LogP contribution >= 0.6 is 0 Å². The number of nitrogens with zero attached hydrogens (tertiary/aromatic N) is 3. The molecule has 1 N–H and O–H groups in total. The zero-order chi connectivity index (χ0) is 27.7. The molecule has 2 aromatic heterocycles. The van der Waals surface area contributed by atoms with Crippen LogP contribution in [0.3, 0.4) is 0 Å². The van der Waals surface area contributed by atoms with Crippen LogP contribution in [0.5, 0.6) is 0 Å². The third-order valence-corrected chi connectivity index (χ3v) is 7.67. The summed E-state index contributed by atoms with van der Waals surface area (Å²) in [6, 6.07) is 26.0. The third kappa shape index (κ3) is 4.76. The molecule has 0 amide bonds. The number of carbonyl (C=O) groups is 1. The molecule has 5 nitrogen and oxygen atoms in total. The van der Waals surface area contributed by atoms with E-state index in [1.165, 1.54) is 11.1 Å². The van der Waals surface area contributed by atoms with Crippen molar-refractivity contribution < 1.29 is 4.79 Å². The third-order valence-electron chi connectivity index (χ3n) is 7.67. The number of nitriles is 1. The van der Waals surface area contributed by atoms with Gasteiger partial charge in [0.2, 0.25) is 0 Å². The Bertz CT molecular complexity index is 1880. The van der Waals surface area contributed by atoms with Crippen molar-refractivity contribution in [1.29, 1.82) is 5.26 Å². The lowest BCUT2D eigenvalue weighted by Gasteiger charge is -2.35. The van der Waals surface area contributed by atoms with Gasteiger partial charge in [-0.05, 0) is 75.7 Å². The fraction of sp³-hybridized carbons (Fsp3) is 0.143. The fourth-order valence-electron chi connectivity index (χ4n) is 5.56. The maximum Gasteiger partial charge on any atom is 0.168 e. The van der Waals surface area contributed by atoms with Crippen molar-refractivity contribution in [2.24, 2.45) is 5.41 Å². The van der Waals surface area contributed by atoms with Crippen molar-refractivity contribution in [1.82, 2.24) is 9.97 Å². The normalized spacial score (nSPS) is 15.1. The van der Waals surface area contributed by atoms with E-state index < -0.39 is 0 Å². The average molecular weight is 521 g/mol. The van der Waals surface area contributed by atoms with Gasteiger partial charge in [0, 0.05) is 47.3 Å². The number of Topliss-reactive ketones (excluding diaryl/α,β-unsaturated/α-hetero) is 1. The van der Waals surface area contributed by atoms with Gasteiger partial charge in [-0.2, -0.15) is 5.26 Å². The SMILES string of the molecule is CC1(C)CC=CC2=C1CC(=O)c1c2ccc2cc(Nc3ccncc3)ccc12.N#Cc1cnc2ccccc2c1. The molecule has 0 saturated heterocycles. The Morgan fingerprint density at radius 3 is 2.58 bits per heavy atom. The van der Waals surface area contributed by atoms with Gasteiger partial charge in [-0.3, -0.25) is 14.8 Å². The number of aromatic nitrogens is 2. The van der Waals surface area contributed by atoms with E-state index in [1.807, 2.05) is 48.5 Å². The van der Waals surface area contributed by atoms with Crippen LogP contribution in [0.25, 0.3) is 27.2 Å². The van der Waals surface area contributed by atoms with Crippen molar-refractivity contribution in [3.63, 3.8) is 0 Å². The Hall–Kier alpha value is -5.08. The molecule has 0 radical (unpaired) electrons. The van der Waals surface area contributed by atoms with E-state index in [1.54, 1.807) is 18.6 Å². The van der Waals surface area contributed by atoms with Crippen LogP contribution in [-0.4, -0.2) is 15.8 Å². The Morgan fingerprint density at radius 2 is 1.75 bits per heavy atom. The number of anilines is 2. The number of pyridine rings is 2. The van der Waals surface area contributed by atoms with E-state index in [4.69, 9.17) is 5.26 Å². The standard InChI is InChI=1S/C25H22N2O.C10H6N2/c1-25(2)11-3-4-20-21-7-5-16-14-18(27-17-9-12-26-13-10-17)6-8-19(16)24(21)23(28)15-22(20)25;11-6-8-5-9-3-1-2-4-10(9)12-7-8/h3-10,12-14H,11,15H2,1-2H3,(H,26,27);1-5,7H. The number of ketones is 1. The molecule has 0 unspecified atom stereocenters. The summed E-state index contributed by atoms with van der Waals surface area (Å²) in [6.45, 7) is 4.48. The monoisotopic (exact) mass is 520 g/mol. The smallest absolute Gasteiger partial charge is 0.168 e. The van der Waals surface area contributed by atoms with Crippen LogP contribution in [0.2, 0.25) is 0 Å². The van der Waals surface area contributed by atoms with Gasteiger partial charge in [0.05, 0.1) is 11.1 Å². The molecular weight excluding hydrogens is 492 g/mol. The summed E-state index contributed by atoms with van der Waals surface area (Å²) in [5.41, 5.74) is 8.05. The van der Waals surface area contributed by atoms with Gasteiger partial charge in [0.15, 0.2) is 5.78 Å². The minimum atomic E-state index is 0.0463. The number of hydrogen-bond acceptors (Lipinski definition) is 5. The van der Waals surface area contributed by atoms with Crippen molar-refractivity contribution in [2.75, 3.05) is 5.32 Å². The number of para-hydroxylation sites is 1. The minimum absolute atomic E-state index is 0.0463. The summed E-state index contributed by atoms with van der Waals surface area (Å²) >= 11 is 0. The zero-order valence-electron chi connectivity index (χ0n) is 22.5. The second-order valence-electron chi connectivity index (χ2n) is 10.8. The average Bonchev–Trinajstić information content (AvgIpc) is 2.98. The van der Waals surface area contributed by atoms with Crippen LogP contribution in [-0.2, 0) is 0 Å². The Labute approximate surface area is 233 Å². The zero-order valence-corrected chi connectivity index (χ0v) is 22.5. The summed E-state index contributed by atoms with van der Waals surface area (Å²) in [5.74, 6) is 0.234. The first-order valence-electron chi connectivity index (χ1n) is 13.4. The summed E-state index contributed by atoms with van der Waals surface area (Å²) in [6.07, 6.45) is 11.1. The number of benzene rings is 3. The van der Waals surface area contributed by atoms with E-state index in [0.29, 0.717) is 12.0 Å². The van der Waals surface area contributed by atoms with E-state index in [0.717, 1.165) is 50.6 Å². The number of carbonyl (C=O) groups excluding carboxylic acids is 1. The van der Waals surface area contributed by atoms with Gasteiger partial charge in [0.25, 0.3) is 0 Å². The van der Waals surface area contributed by atoms with E-state index >= 15 is 0 Å². The molecule has 0 atom stereocenters. The van der Waals surface area contributed by atoms with E-state index in [2.05, 4.69) is 71.6 Å². The first-order valence-corrected chi connectivity index (χ1v) is 13.4. The van der Waals surface area contributed by atoms with Gasteiger partial charge in [-0.1, -0.05) is 62.4 Å². The minimum Gasteiger partial charge on any atom is -0.355 e. The van der Waals surface area contributed by atoms with Crippen LogP contribution < -0.4 is 5.32 Å². The number of nitrogens with one attached hydrogen (secondary N) is 1. The highest BCUT2D eigenvalue weighted by atomic mass is 16.1. The van der Waals surface area contributed by atoms with Crippen molar-refractivity contribution in [3.05, 3.63) is 126 Å². The van der Waals surface area contributed by atoms with Crippen LogP contribution in [0.4, 0.5) is 11.4 Å². The largest absolute Gasteiger partial charge is 0.355 e. The first kappa shape index (κ1) is 25.2. The number of hydrogen-bond donors (Lipinski definition) is 1. The number of fused-ring (bicyclic) bond motifs is 5. The molecule has 5 heteroatoms. The molecule has 2 aliphatic rings. The van der Waals surface area contributed by atoms with Gasteiger partial charge < -0.3 is 5.32 Å². The molecule has 2 aliphatic carbocycles. The first-order chi connectivity index (χ1) is 19.4. The summed E-state index contributed by atoms with van der Waals surface area (Å²) < 4.78 is 0. The van der Waals surface area contributed by atoms with Crippen LogP contribution in [0.15, 0.2) is 109 Å². The molecule has 40 heavy (non-hydrogen) atoms. The predicted octanol–water partition coefficient (Wildman–Crippen LogP) is 8.41. The number of rotatable bonds is 2. The summed E-state index contributed by atoms with van der Waals surface area (Å²) in [5, 5.41) is 15.1. The highest BCUT2D eigenvalue weighted by Crippen LogP contribution is 2.47. The van der Waals surface area contributed by atoms with Gasteiger partial charge in [-0.15, -0.1) is 0 Å². The number of allylic oxidation sites excluding steroid dienone is 4.